The Morgan fingerprint density at radius 2 is 1.92 bits per heavy atom. The van der Waals surface area contributed by atoms with Crippen LogP contribution in [0.1, 0.15) is 41.0 Å². The molecule has 0 aromatic rings. The number of ketones is 1. The van der Waals surface area contributed by atoms with Gasteiger partial charge in [0.2, 0.25) is 0 Å². The van der Waals surface area contributed by atoms with Gasteiger partial charge in [-0.15, -0.1) is 0 Å². The molecule has 0 radical (unpaired) electrons. The predicted octanol–water partition coefficient (Wildman–Crippen LogP) is 2.79. The summed E-state index contributed by atoms with van der Waals surface area (Å²) in [6.45, 7) is 9.62. The summed E-state index contributed by atoms with van der Waals surface area (Å²) in [4.78, 5) is 11.8. The van der Waals surface area contributed by atoms with Gasteiger partial charge in [-0.1, -0.05) is 34.6 Å². The number of hydrogen-bond donors (Lipinski definition) is 0. The maximum absolute atomic E-state index is 11.8. The molecule has 0 rings (SSSR count). The minimum atomic E-state index is -0.449. The fraction of sp³-hybridized carbons (Fsp3) is 0.818. The number of carbonyl (C=O) groups is 1. The molecule has 0 saturated heterocycles. The van der Waals surface area contributed by atoms with Crippen molar-refractivity contribution in [1.82, 2.24) is 0 Å². The highest BCUT2D eigenvalue weighted by molar-refractivity contribution is 5.88. The summed E-state index contributed by atoms with van der Waals surface area (Å²) in [6, 6.07) is 2.09. The van der Waals surface area contributed by atoms with Crippen molar-refractivity contribution < 1.29 is 4.79 Å². The molecule has 2 heteroatoms. The van der Waals surface area contributed by atoms with E-state index in [1.165, 1.54) is 0 Å². The Morgan fingerprint density at radius 3 is 2.15 bits per heavy atom. The fourth-order valence-electron chi connectivity index (χ4n) is 1.11. The zero-order valence-corrected chi connectivity index (χ0v) is 9.22. The van der Waals surface area contributed by atoms with Crippen LogP contribution in [-0.4, -0.2) is 5.78 Å². The van der Waals surface area contributed by atoms with Crippen molar-refractivity contribution in [2.45, 2.75) is 41.0 Å². The maximum atomic E-state index is 11.8. The Morgan fingerprint density at radius 1 is 1.46 bits per heavy atom. The van der Waals surface area contributed by atoms with Crippen LogP contribution in [-0.2, 0) is 4.79 Å². The number of nitriles is 1. The Kier molecular flexibility index (Phi) is 4.13. The summed E-state index contributed by atoms with van der Waals surface area (Å²) < 4.78 is 0. The Labute approximate surface area is 80.9 Å². The van der Waals surface area contributed by atoms with Crippen LogP contribution >= 0.6 is 0 Å². The smallest absolute Gasteiger partial charge is 0.155 e. The van der Waals surface area contributed by atoms with E-state index in [9.17, 15) is 4.79 Å². The molecule has 1 atom stereocenters. The van der Waals surface area contributed by atoms with Gasteiger partial charge >= 0.3 is 0 Å². The molecule has 74 valence electrons. The van der Waals surface area contributed by atoms with E-state index in [1.54, 1.807) is 0 Å². The van der Waals surface area contributed by atoms with E-state index in [0.29, 0.717) is 0 Å². The van der Waals surface area contributed by atoms with E-state index < -0.39 is 5.92 Å². The molecule has 0 saturated carbocycles. The van der Waals surface area contributed by atoms with Gasteiger partial charge in [-0.3, -0.25) is 4.79 Å². The lowest BCUT2D eigenvalue weighted by Gasteiger charge is -2.25. The van der Waals surface area contributed by atoms with Gasteiger partial charge in [0, 0.05) is 5.41 Å². The molecule has 13 heavy (non-hydrogen) atoms. The van der Waals surface area contributed by atoms with Crippen molar-refractivity contribution in [1.29, 1.82) is 5.26 Å². The van der Waals surface area contributed by atoms with Crippen LogP contribution in [0.4, 0.5) is 0 Å². The lowest BCUT2D eigenvalue weighted by molar-refractivity contribution is -0.130. The second-order valence-corrected chi connectivity index (χ2v) is 4.45. The second kappa shape index (κ2) is 4.41. The van der Waals surface area contributed by atoms with Gasteiger partial charge in [0.25, 0.3) is 0 Å². The van der Waals surface area contributed by atoms with Gasteiger partial charge in [-0.25, -0.2) is 0 Å². The molecule has 0 amide bonds. The maximum Gasteiger partial charge on any atom is 0.155 e. The quantitative estimate of drug-likeness (QED) is 0.669. The van der Waals surface area contributed by atoms with Gasteiger partial charge in [0.15, 0.2) is 5.78 Å². The van der Waals surface area contributed by atoms with Gasteiger partial charge in [-0.2, -0.15) is 5.26 Å². The molecule has 2 nitrogen and oxygen atoms in total. The Hall–Kier alpha value is -0.840. The minimum absolute atomic E-state index is 0.0764. The summed E-state index contributed by atoms with van der Waals surface area (Å²) in [7, 11) is 0. The standard InChI is InChI=1S/C11H19NO/c1-6-11(4,5)10(13)9(7-12)8(2)3/h8-9H,6H2,1-5H3. The first-order chi connectivity index (χ1) is 5.86. The molecule has 0 bridgehead atoms. The van der Waals surface area contributed by atoms with Crippen molar-refractivity contribution >= 4 is 5.78 Å². The molecule has 0 spiro atoms. The molecule has 0 N–H and O–H groups in total. The van der Waals surface area contributed by atoms with Crippen molar-refractivity contribution in [2.75, 3.05) is 0 Å². The van der Waals surface area contributed by atoms with Crippen LogP contribution < -0.4 is 0 Å². The first kappa shape index (κ1) is 12.2. The van der Waals surface area contributed by atoms with E-state index in [1.807, 2.05) is 34.6 Å². The lowest BCUT2D eigenvalue weighted by Crippen LogP contribution is -2.32. The molecule has 0 aliphatic carbocycles. The average molecular weight is 181 g/mol. The molecular formula is C11H19NO. The molecule has 0 aliphatic rings. The lowest BCUT2D eigenvalue weighted by atomic mass is 9.76. The summed E-state index contributed by atoms with van der Waals surface area (Å²) in [6.07, 6.45) is 0.788. The number of carbonyl (C=O) groups excluding carboxylic acids is 1. The van der Waals surface area contributed by atoms with Gasteiger partial charge in [0.1, 0.15) is 5.92 Å². The van der Waals surface area contributed by atoms with E-state index >= 15 is 0 Å². The number of nitrogens with zero attached hydrogens (tertiary/aromatic N) is 1. The first-order valence-corrected chi connectivity index (χ1v) is 4.80. The predicted molar refractivity (Wildman–Crippen MR) is 53.0 cm³/mol. The van der Waals surface area contributed by atoms with E-state index in [4.69, 9.17) is 5.26 Å². The zero-order valence-electron chi connectivity index (χ0n) is 9.22. The highest BCUT2D eigenvalue weighted by atomic mass is 16.1. The highest BCUT2D eigenvalue weighted by Crippen LogP contribution is 2.28. The van der Waals surface area contributed by atoms with Crippen LogP contribution in [0.25, 0.3) is 0 Å². The van der Waals surface area contributed by atoms with E-state index in [2.05, 4.69) is 6.07 Å². The summed E-state index contributed by atoms with van der Waals surface area (Å²) in [5, 5.41) is 8.85. The number of rotatable bonds is 4. The summed E-state index contributed by atoms with van der Waals surface area (Å²) in [5.74, 6) is -0.259. The van der Waals surface area contributed by atoms with Crippen molar-refractivity contribution in [3.63, 3.8) is 0 Å². The minimum Gasteiger partial charge on any atom is -0.298 e. The molecule has 1 unspecified atom stereocenters. The SMILES string of the molecule is CCC(C)(C)C(=O)C(C#N)C(C)C. The fourth-order valence-corrected chi connectivity index (χ4v) is 1.11. The zero-order chi connectivity index (χ0) is 10.6. The highest BCUT2D eigenvalue weighted by Gasteiger charge is 2.33. The topological polar surface area (TPSA) is 40.9 Å². The summed E-state index contributed by atoms with van der Waals surface area (Å²) in [5.41, 5.74) is -0.356. The van der Waals surface area contributed by atoms with Gasteiger partial charge in [0.05, 0.1) is 6.07 Å². The molecule has 0 aromatic carbocycles. The molecule has 0 heterocycles. The first-order valence-electron chi connectivity index (χ1n) is 4.80. The molecule has 0 aromatic heterocycles. The third-order valence-corrected chi connectivity index (χ3v) is 2.64. The van der Waals surface area contributed by atoms with Crippen LogP contribution in [0, 0.1) is 28.6 Å². The summed E-state index contributed by atoms with van der Waals surface area (Å²) >= 11 is 0. The van der Waals surface area contributed by atoms with E-state index in [-0.39, 0.29) is 17.1 Å². The third-order valence-electron chi connectivity index (χ3n) is 2.64. The monoisotopic (exact) mass is 181 g/mol. The van der Waals surface area contributed by atoms with E-state index in [0.717, 1.165) is 6.42 Å². The van der Waals surface area contributed by atoms with Gasteiger partial charge < -0.3 is 0 Å². The van der Waals surface area contributed by atoms with Crippen LogP contribution in [0.2, 0.25) is 0 Å². The Balaban J connectivity index is 4.68. The molecule has 0 fully saturated rings. The van der Waals surface area contributed by atoms with Crippen molar-refractivity contribution in [3.8, 4) is 6.07 Å². The molecule has 0 aliphatic heterocycles. The largest absolute Gasteiger partial charge is 0.298 e. The third kappa shape index (κ3) is 2.84. The van der Waals surface area contributed by atoms with Crippen molar-refractivity contribution in [3.05, 3.63) is 0 Å². The second-order valence-electron chi connectivity index (χ2n) is 4.45. The van der Waals surface area contributed by atoms with Crippen molar-refractivity contribution in [2.24, 2.45) is 17.3 Å². The average Bonchev–Trinajstić information content (AvgIpc) is 2.05. The molecular weight excluding hydrogens is 162 g/mol. The van der Waals surface area contributed by atoms with Crippen LogP contribution in [0.3, 0.4) is 0 Å². The normalized spacial score (nSPS) is 13.9. The van der Waals surface area contributed by atoms with Gasteiger partial charge in [-0.05, 0) is 12.3 Å². The number of hydrogen-bond acceptors (Lipinski definition) is 2. The van der Waals surface area contributed by atoms with Crippen LogP contribution in [0.5, 0.6) is 0 Å². The number of Topliss-reactive ketones (excluding diaryl/α,β-unsaturated/α-hetero) is 1. The Bertz CT molecular complexity index is 223. The van der Waals surface area contributed by atoms with Crippen LogP contribution in [0.15, 0.2) is 0 Å².